The Labute approximate surface area is 460 Å². The van der Waals surface area contributed by atoms with Gasteiger partial charge >= 0.3 is 5.97 Å². The second-order valence-electron chi connectivity index (χ2n) is 20.7. The maximum atomic E-state index is 11.4. The molecule has 2 aliphatic heterocycles. The van der Waals surface area contributed by atoms with Crippen molar-refractivity contribution in [2.24, 2.45) is 5.73 Å². The molecule has 2 saturated heterocycles. The summed E-state index contributed by atoms with van der Waals surface area (Å²) in [6, 6.07) is 25.2. The second kappa shape index (κ2) is 37.8. The van der Waals surface area contributed by atoms with Crippen LogP contribution in [-0.4, -0.2) is 176 Å². The molecule has 3 aromatic carbocycles. The van der Waals surface area contributed by atoms with Gasteiger partial charge in [0.05, 0.1) is 57.8 Å². The number of carbonyl (C=O) groups is 5. The number of piperidine rings is 2. The second-order valence-corrected chi connectivity index (χ2v) is 20.7. The van der Waals surface area contributed by atoms with Crippen LogP contribution < -0.4 is 16.0 Å². The molecule has 16 heteroatoms. The Balaban J connectivity index is 0.000000264. The average Bonchev–Trinajstić information content (AvgIpc) is 3.44. The number of likely N-dealkylation sites (tertiary alicyclic amines) is 1. The largest absolute Gasteiger partial charge is 0.460 e. The number of benzene rings is 3. The molecule has 1 amide bonds. The van der Waals surface area contributed by atoms with Gasteiger partial charge in [-0.15, -0.1) is 0 Å². The molecule has 0 spiro atoms. The fourth-order valence-electron chi connectivity index (χ4n) is 8.54. The standard InChI is InChI=1S/C18H22N4O.C15H31NO5.C10H20N2O.C10H12.C8H6O2/c1-20-16-6-5-14(22-9-3-2-4-10-22)12-15(16)17-11-13(18(19)23)7-8-21-17;1-15(2,3)21-14(17)6-8-18-10-12-20-13-11-19-9-7-16(4)5;1-11(2)7-8-12-6-4-3-5-10(12)9-13;1-2-6-10-8-4-3-7-9(10)5-1;9-5-7-2-1-3-8(4-7)6-10/h5-8,11-12,20H,2-4,9-10H2,1H3,(H2,19,23);6-13H2,1-5H3;9-10H,3-8H2,1-2H3;1-2,5-6H,3-4,7-8H2;1-6H. The van der Waals surface area contributed by atoms with Crippen molar-refractivity contribution in [3.63, 3.8) is 0 Å². The van der Waals surface area contributed by atoms with Crippen LogP contribution in [0.2, 0.25) is 0 Å². The van der Waals surface area contributed by atoms with Crippen molar-refractivity contribution < 1.29 is 42.9 Å². The zero-order valence-electron chi connectivity index (χ0n) is 47.6. The molecule has 77 heavy (non-hydrogen) atoms. The third kappa shape index (κ3) is 27.8. The highest BCUT2D eigenvalue weighted by molar-refractivity contribution is 5.94. The van der Waals surface area contributed by atoms with Gasteiger partial charge in [-0.2, -0.15) is 0 Å². The topological polar surface area (TPSA) is 186 Å². The highest BCUT2D eigenvalue weighted by Gasteiger charge is 2.21. The number of aromatic nitrogens is 1. The van der Waals surface area contributed by atoms with Crippen LogP contribution >= 0.6 is 0 Å². The molecule has 0 bridgehead atoms. The van der Waals surface area contributed by atoms with Crippen LogP contribution in [0.1, 0.15) is 121 Å². The number of nitrogens with one attached hydrogen (secondary N) is 1. The van der Waals surface area contributed by atoms with Gasteiger partial charge in [-0.25, -0.2) is 0 Å². The summed E-state index contributed by atoms with van der Waals surface area (Å²) in [5, 5.41) is 3.20. The average molecular weight is 1070 g/mol. The Kier molecular flexibility index (Phi) is 32.1. The maximum absolute atomic E-state index is 11.4. The Hall–Kier alpha value is -5.88. The summed E-state index contributed by atoms with van der Waals surface area (Å²) >= 11 is 0. The molecule has 3 heterocycles. The lowest BCUT2D eigenvalue weighted by Gasteiger charge is -2.32. The van der Waals surface area contributed by atoms with Crippen LogP contribution in [-0.2, 0) is 41.4 Å². The van der Waals surface area contributed by atoms with Gasteiger partial charge in [0.25, 0.3) is 0 Å². The number of ether oxygens (including phenoxy) is 4. The molecule has 1 unspecified atom stereocenters. The van der Waals surface area contributed by atoms with Gasteiger partial charge in [-0.1, -0.05) is 48.9 Å². The van der Waals surface area contributed by atoms with Gasteiger partial charge in [0.2, 0.25) is 5.91 Å². The number of aryl methyl sites for hydroxylation is 2. The lowest BCUT2D eigenvalue weighted by atomic mass is 9.92. The number of amides is 1. The summed E-state index contributed by atoms with van der Waals surface area (Å²) in [6.07, 6.45) is 17.1. The lowest BCUT2D eigenvalue weighted by molar-refractivity contribution is -0.156. The highest BCUT2D eigenvalue weighted by atomic mass is 16.6. The molecule has 2 fully saturated rings. The zero-order valence-corrected chi connectivity index (χ0v) is 47.6. The number of hydrogen-bond donors (Lipinski definition) is 2. The molecule has 1 atom stereocenters. The van der Waals surface area contributed by atoms with Crippen molar-refractivity contribution in [3.8, 4) is 11.3 Å². The number of fused-ring (bicyclic) bond motifs is 1. The number of rotatable bonds is 22. The number of pyridine rings is 1. The van der Waals surface area contributed by atoms with Crippen LogP contribution in [0.15, 0.2) is 85.1 Å². The molecule has 3 N–H and O–H groups in total. The van der Waals surface area contributed by atoms with Crippen molar-refractivity contribution in [2.75, 3.05) is 124 Å². The fraction of sp³-hybridized carbons (Fsp3) is 0.541. The van der Waals surface area contributed by atoms with E-state index in [-0.39, 0.29) is 18.4 Å². The molecule has 0 radical (unpaired) electrons. The van der Waals surface area contributed by atoms with Crippen LogP contribution in [0.4, 0.5) is 11.4 Å². The van der Waals surface area contributed by atoms with Crippen LogP contribution in [0, 0.1) is 0 Å². The Morgan fingerprint density at radius 2 is 1.30 bits per heavy atom. The summed E-state index contributed by atoms with van der Waals surface area (Å²) < 4.78 is 21.2. The first-order valence-electron chi connectivity index (χ1n) is 27.4. The van der Waals surface area contributed by atoms with Crippen LogP contribution in [0.25, 0.3) is 11.3 Å². The molecule has 424 valence electrons. The first-order valence-corrected chi connectivity index (χ1v) is 27.4. The molecule has 7 rings (SSSR count). The number of primary amides is 1. The van der Waals surface area contributed by atoms with Crippen molar-refractivity contribution in [1.82, 2.24) is 19.7 Å². The van der Waals surface area contributed by atoms with E-state index in [2.05, 4.69) is 86.5 Å². The van der Waals surface area contributed by atoms with E-state index < -0.39 is 11.5 Å². The van der Waals surface area contributed by atoms with Crippen LogP contribution in [0.3, 0.4) is 0 Å². The third-order valence-corrected chi connectivity index (χ3v) is 12.7. The first-order chi connectivity index (χ1) is 37.1. The third-order valence-electron chi connectivity index (χ3n) is 12.7. The van der Waals surface area contributed by atoms with Crippen molar-refractivity contribution >= 4 is 42.1 Å². The normalized spacial score (nSPS) is 15.1. The summed E-state index contributed by atoms with van der Waals surface area (Å²) in [6.45, 7) is 15.0. The SMILES string of the molecule is CN(C)CCN1CCCCC1C=O.CN(C)CCOCCOCCOCCC(=O)OC(C)(C)C.CNc1ccc(N2CCCCC2)cc1-c1cc(C(N)=O)ccn1.O=Cc1cccc(C=O)c1.c1ccc2c(c1)CCCC2. The van der Waals surface area contributed by atoms with Gasteiger partial charge in [-0.3, -0.25) is 29.1 Å². The summed E-state index contributed by atoms with van der Waals surface area (Å²) in [4.78, 5) is 67.3. The van der Waals surface area contributed by atoms with Gasteiger partial charge in [-0.05, 0) is 161 Å². The van der Waals surface area contributed by atoms with E-state index in [9.17, 15) is 24.0 Å². The molecular formula is C61H91N7O9. The monoisotopic (exact) mass is 1070 g/mol. The predicted molar refractivity (Wildman–Crippen MR) is 309 cm³/mol. The smallest absolute Gasteiger partial charge is 0.308 e. The summed E-state index contributed by atoms with van der Waals surface area (Å²) in [5.74, 6) is -0.676. The number of nitrogens with zero attached hydrogens (tertiary/aromatic N) is 5. The number of carbonyl (C=O) groups excluding carboxylic acids is 5. The minimum absolute atomic E-state index is 0.189. The first kappa shape index (κ1) is 65.4. The number of likely N-dealkylation sites (N-methyl/N-ethyl adjacent to an activating group) is 2. The Morgan fingerprint density at radius 3 is 1.86 bits per heavy atom. The van der Waals surface area contributed by atoms with Crippen LogP contribution in [0.5, 0.6) is 0 Å². The number of hydrogen-bond acceptors (Lipinski definition) is 15. The highest BCUT2D eigenvalue weighted by Crippen LogP contribution is 2.32. The number of anilines is 2. The van der Waals surface area contributed by atoms with E-state index in [1.54, 1.807) is 53.7 Å². The van der Waals surface area contributed by atoms with Gasteiger partial charge in [0, 0.05) is 79.6 Å². The number of esters is 1. The Morgan fingerprint density at radius 1 is 0.701 bits per heavy atom. The quantitative estimate of drug-likeness (QED) is 0.0432. The van der Waals surface area contributed by atoms with E-state index in [0.717, 1.165) is 68.9 Å². The molecule has 3 aliphatic rings. The summed E-state index contributed by atoms with van der Waals surface area (Å²) in [7, 11) is 10.0. The predicted octanol–water partition coefficient (Wildman–Crippen LogP) is 8.69. The zero-order chi connectivity index (χ0) is 56.3. The van der Waals surface area contributed by atoms with Crippen molar-refractivity contribution in [3.05, 3.63) is 113 Å². The number of aldehydes is 3. The van der Waals surface area contributed by atoms with Gasteiger partial charge in [0.1, 0.15) is 24.5 Å². The van der Waals surface area contributed by atoms with Crippen molar-refractivity contribution in [2.45, 2.75) is 103 Å². The maximum Gasteiger partial charge on any atom is 0.308 e. The molecule has 4 aromatic rings. The molecule has 16 nitrogen and oxygen atoms in total. The minimum Gasteiger partial charge on any atom is -0.460 e. The number of nitrogens with two attached hydrogens (primary N) is 1. The molecular weight excluding hydrogens is 975 g/mol. The van der Waals surface area contributed by atoms with Crippen molar-refractivity contribution in [1.29, 1.82) is 0 Å². The summed E-state index contributed by atoms with van der Waals surface area (Å²) in [5.41, 5.74) is 13.6. The molecule has 1 aliphatic carbocycles. The van der Waals surface area contributed by atoms with E-state index in [0.29, 0.717) is 68.9 Å². The minimum atomic E-state index is -0.438. The van der Waals surface area contributed by atoms with E-state index >= 15 is 0 Å². The fourth-order valence-corrected chi connectivity index (χ4v) is 8.54. The van der Waals surface area contributed by atoms with Gasteiger partial charge in [0.15, 0.2) is 0 Å². The van der Waals surface area contributed by atoms with E-state index in [1.165, 1.54) is 63.5 Å². The Bertz CT molecular complexity index is 2270. The van der Waals surface area contributed by atoms with E-state index in [1.807, 2.05) is 41.9 Å². The molecule has 0 saturated carbocycles. The van der Waals surface area contributed by atoms with E-state index in [4.69, 9.17) is 24.7 Å². The van der Waals surface area contributed by atoms with Gasteiger partial charge < -0.3 is 49.5 Å². The lowest BCUT2D eigenvalue weighted by Crippen LogP contribution is -2.43. The molecule has 1 aromatic heterocycles.